The summed E-state index contributed by atoms with van der Waals surface area (Å²) in [7, 11) is 0. The van der Waals surface area contributed by atoms with E-state index in [1.165, 1.54) is 6.08 Å². The Kier molecular flexibility index (Phi) is 4.47. The Morgan fingerprint density at radius 1 is 1.14 bits per heavy atom. The number of nitrogens with zero attached hydrogens (tertiary/aromatic N) is 1. The Morgan fingerprint density at radius 3 is 2.68 bits per heavy atom. The van der Waals surface area contributed by atoms with Gasteiger partial charge < -0.3 is 14.7 Å². The fourth-order valence-electron chi connectivity index (χ4n) is 3.79. The van der Waals surface area contributed by atoms with Gasteiger partial charge >= 0.3 is 5.97 Å². The highest BCUT2D eigenvalue weighted by Gasteiger charge is 2.47. The van der Waals surface area contributed by atoms with E-state index in [0.29, 0.717) is 42.0 Å². The minimum atomic E-state index is -1.05. The molecule has 6 nitrogen and oxygen atoms in total. The van der Waals surface area contributed by atoms with Crippen LogP contribution in [0.15, 0.2) is 54.6 Å². The van der Waals surface area contributed by atoms with Crippen molar-refractivity contribution in [2.45, 2.75) is 18.4 Å². The van der Waals surface area contributed by atoms with Crippen LogP contribution in [0.5, 0.6) is 5.75 Å². The van der Waals surface area contributed by atoms with Gasteiger partial charge in [0.05, 0.1) is 18.5 Å². The molecular weight excluding hydrogens is 358 g/mol. The molecule has 4 rings (SSSR count). The third kappa shape index (κ3) is 3.41. The van der Waals surface area contributed by atoms with Crippen LogP contribution in [0.2, 0.25) is 0 Å². The number of carboxylic acid groups (broad SMARTS) is 1. The molecule has 1 N–H and O–H groups in total. The Morgan fingerprint density at radius 2 is 1.93 bits per heavy atom. The van der Waals surface area contributed by atoms with E-state index in [-0.39, 0.29) is 18.1 Å². The molecular formula is C22H19NO5. The van der Waals surface area contributed by atoms with Crippen molar-refractivity contribution in [2.24, 2.45) is 0 Å². The zero-order chi connectivity index (χ0) is 19.7. The van der Waals surface area contributed by atoms with E-state index in [4.69, 9.17) is 9.84 Å². The lowest BCUT2D eigenvalue weighted by atomic mass is 9.88. The number of fused-ring (bicyclic) bond motifs is 1. The molecule has 0 aliphatic carbocycles. The molecule has 28 heavy (non-hydrogen) atoms. The van der Waals surface area contributed by atoms with Crippen LogP contribution in [0.1, 0.15) is 39.1 Å². The van der Waals surface area contributed by atoms with Crippen LogP contribution in [-0.4, -0.2) is 46.4 Å². The van der Waals surface area contributed by atoms with Gasteiger partial charge in [-0.05, 0) is 35.9 Å². The second-order valence-corrected chi connectivity index (χ2v) is 7.15. The van der Waals surface area contributed by atoms with Crippen LogP contribution in [0.25, 0.3) is 6.08 Å². The Labute approximate surface area is 162 Å². The smallest absolute Gasteiger partial charge is 0.328 e. The first kappa shape index (κ1) is 18.0. The summed E-state index contributed by atoms with van der Waals surface area (Å²) in [6.07, 6.45) is 3.26. The number of carbonyl (C=O) groups excluding carboxylic acids is 2. The molecule has 1 fully saturated rings. The molecule has 1 amide bonds. The molecule has 2 aliphatic heterocycles. The molecule has 0 radical (unpaired) electrons. The largest absolute Gasteiger partial charge is 0.484 e. The van der Waals surface area contributed by atoms with Gasteiger partial charge in [0.15, 0.2) is 5.78 Å². The summed E-state index contributed by atoms with van der Waals surface area (Å²) in [4.78, 5) is 37.9. The first-order chi connectivity index (χ1) is 13.5. The number of Topliss-reactive ketones (excluding diaryl/α,β-unsaturated/α-hetero) is 1. The molecule has 6 heteroatoms. The van der Waals surface area contributed by atoms with E-state index < -0.39 is 11.6 Å². The first-order valence-corrected chi connectivity index (χ1v) is 9.07. The number of carboxylic acids is 1. The summed E-state index contributed by atoms with van der Waals surface area (Å²) in [6, 6.07) is 14.1. The van der Waals surface area contributed by atoms with Crippen molar-refractivity contribution in [1.29, 1.82) is 0 Å². The summed E-state index contributed by atoms with van der Waals surface area (Å²) in [5.41, 5.74) is 0.997. The van der Waals surface area contributed by atoms with E-state index in [1.54, 1.807) is 35.2 Å². The number of amides is 1. The number of ether oxygens (including phenoxy) is 1. The standard InChI is InChI=1S/C22H19NO5/c24-18-13-22(10-11-23(14-22)21(27)16-4-2-1-3-5-16)28-19-8-6-15(12-17(18)19)7-9-20(25)26/h1-9,12H,10-11,13-14H2,(H,25,26)/b9-7+. The van der Waals surface area contributed by atoms with Crippen molar-refractivity contribution in [2.75, 3.05) is 13.1 Å². The van der Waals surface area contributed by atoms with Crippen molar-refractivity contribution in [3.8, 4) is 5.75 Å². The molecule has 2 aromatic rings. The second kappa shape index (κ2) is 6.96. The number of likely N-dealkylation sites (tertiary alicyclic amines) is 1. The van der Waals surface area contributed by atoms with Gasteiger partial charge in [0.25, 0.3) is 5.91 Å². The molecule has 1 spiro atoms. The lowest BCUT2D eigenvalue weighted by Gasteiger charge is -2.34. The van der Waals surface area contributed by atoms with Gasteiger partial charge in [-0.3, -0.25) is 9.59 Å². The average molecular weight is 377 g/mol. The zero-order valence-corrected chi connectivity index (χ0v) is 15.1. The van der Waals surface area contributed by atoms with Gasteiger partial charge in [-0.2, -0.15) is 0 Å². The summed E-state index contributed by atoms with van der Waals surface area (Å²) in [5, 5.41) is 8.75. The number of carbonyl (C=O) groups is 3. The van der Waals surface area contributed by atoms with Crippen LogP contribution >= 0.6 is 0 Å². The molecule has 0 bridgehead atoms. The average Bonchev–Trinajstić information content (AvgIpc) is 3.09. The highest BCUT2D eigenvalue weighted by Crippen LogP contribution is 2.39. The van der Waals surface area contributed by atoms with E-state index in [2.05, 4.69) is 0 Å². The fourth-order valence-corrected chi connectivity index (χ4v) is 3.79. The lowest BCUT2D eigenvalue weighted by Crippen LogP contribution is -2.45. The van der Waals surface area contributed by atoms with Crippen molar-refractivity contribution >= 4 is 23.7 Å². The highest BCUT2D eigenvalue weighted by molar-refractivity contribution is 6.01. The fraction of sp³-hybridized carbons (Fsp3) is 0.227. The number of hydrogen-bond donors (Lipinski definition) is 1. The molecule has 2 aromatic carbocycles. The Balaban J connectivity index is 1.54. The summed E-state index contributed by atoms with van der Waals surface area (Å²) >= 11 is 0. The third-order valence-corrected chi connectivity index (χ3v) is 5.16. The predicted octanol–water partition coefficient (Wildman–Crippen LogP) is 3.03. The van der Waals surface area contributed by atoms with Gasteiger partial charge in [0.1, 0.15) is 11.4 Å². The van der Waals surface area contributed by atoms with Crippen molar-refractivity contribution in [3.05, 3.63) is 71.3 Å². The monoisotopic (exact) mass is 377 g/mol. The maximum absolute atomic E-state index is 12.8. The molecule has 0 saturated carbocycles. The second-order valence-electron chi connectivity index (χ2n) is 7.15. The molecule has 1 unspecified atom stereocenters. The minimum absolute atomic E-state index is 0.0548. The van der Waals surface area contributed by atoms with Crippen molar-refractivity contribution < 1.29 is 24.2 Å². The molecule has 1 atom stereocenters. The molecule has 142 valence electrons. The summed E-state index contributed by atoms with van der Waals surface area (Å²) in [5.74, 6) is -0.680. The number of rotatable bonds is 3. The first-order valence-electron chi connectivity index (χ1n) is 9.07. The molecule has 0 aromatic heterocycles. The van der Waals surface area contributed by atoms with Crippen molar-refractivity contribution in [3.63, 3.8) is 0 Å². The topological polar surface area (TPSA) is 83.9 Å². The van der Waals surface area contributed by atoms with Gasteiger partial charge in [-0.25, -0.2) is 4.79 Å². The number of aliphatic carboxylic acids is 1. The van der Waals surface area contributed by atoms with Crippen molar-refractivity contribution in [1.82, 2.24) is 4.90 Å². The minimum Gasteiger partial charge on any atom is -0.484 e. The van der Waals surface area contributed by atoms with Gasteiger partial charge in [-0.15, -0.1) is 0 Å². The van der Waals surface area contributed by atoms with Crippen LogP contribution in [-0.2, 0) is 4.79 Å². The molecule has 2 aliphatic rings. The quantitative estimate of drug-likeness (QED) is 0.831. The van der Waals surface area contributed by atoms with Crippen LogP contribution in [0.4, 0.5) is 0 Å². The van der Waals surface area contributed by atoms with E-state index in [1.807, 2.05) is 18.2 Å². The Hall–Kier alpha value is -3.41. The van der Waals surface area contributed by atoms with E-state index in [0.717, 1.165) is 6.08 Å². The molecule has 2 heterocycles. The highest BCUT2D eigenvalue weighted by atomic mass is 16.5. The van der Waals surface area contributed by atoms with E-state index >= 15 is 0 Å². The maximum Gasteiger partial charge on any atom is 0.328 e. The van der Waals surface area contributed by atoms with Gasteiger partial charge in [0, 0.05) is 24.6 Å². The number of ketones is 1. The maximum atomic E-state index is 12.8. The molecule has 1 saturated heterocycles. The predicted molar refractivity (Wildman–Crippen MR) is 102 cm³/mol. The normalized spacial score (nSPS) is 21.0. The van der Waals surface area contributed by atoms with Crippen LogP contribution in [0, 0.1) is 0 Å². The van der Waals surface area contributed by atoms with Gasteiger partial charge in [-0.1, -0.05) is 24.3 Å². The zero-order valence-electron chi connectivity index (χ0n) is 15.1. The summed E-state index contributed by atoms with van der Waals surface area (Å²) < 4.78 is 6.19. The SMILES string of the molecule is O=C(O)/C=C/c1ccc2c(c1)C(=O)CC1(CCN(C(=O)c3ccccc3)C1)O2. The number of benzene rings is 2. The van der Waals surface area contributed by atoms with Crippen LogP contribution < -0.4 is 4.74 Å². The number of hydrogen-bond acceptors (Lipinski definition) is 4. The van der Waals surface area contributed by atoms with E-state index in [9.17, 15) is 14.4 Å². The van der Waals surface area contributed by atoms with Crippen LogP contribution in [0.3, 0.4) is 0 Å². The lowest BCUT2D eigenvalue weighted by molar-refractivity contribution is -0.131. The Bertz CT molecular complexity index is 982. The van der Waals surface area contributed by atoms with Gasteiger partial charge in [0.2, 0.25) is 0 Å². The third-order valence-electron chi connectivity index (χ3n) is 5.16. The summed E-state index contributed by atoms with van der Waals surface area (Å²) in [6.45, 7) is 0.905.